The van der Waals surface area contributed by atoms with Crippen LogP contribution in [-0.2, 0) is 17.8 Å². The maximum atomic E-state index is 11.9. The molecule has 0 saturated carbocycles. The molecule has 3 aromatic rings. The molecule has 0 N–H and O–H groups in total. The Bertz CT molecular complexity index is 993. The normalized spacial score (nSPS) is 13.2. The Morgan fingerprint density at radius 2 is 2.07 bits per heavy atom. The van der Waals surface area contributed by atoms with Gasteiger partial charge in [-0.15, -0.1) is 0 Å². The zero-order valence-corrected chi connectivity index (χ0v) is 18.9. The van der Waals surface area contributed by atoms with Crippen molar-refractivity contribution in [1.29, 1.82) is 0 Å². The van der Waals surface area contributed by atoms with E-state index in [1.54, 1.807) is 12.5 Å². The molecule has 2 aromatic carbocycles. The second-order valence-corrected chi connectivity index (χ2v) is 9.56. The molecule has 0 fully saturated rings. The summed E-state index contributed by atoms with van der Waals surface area (Å²) in [6, 6.07) is 10.1. The van der Waals surface area contributed by atoms with E-state index in [1.165, 1.54) is 11.8 Å². The van der Waals surface area contributed by atoms with Crippen LogP contribution in [-0.4, -0.2) is 17.1 Å². The molecule has 0 amide bonds. The van der Waals surface area contributed by atoms with Gasteiger partial charge < -0.3 is 13.7 Å². The van der Waals surface area contributed by atoms with Crippen LogP contribution in [0.5, 0.6) is 5.75 Å². The second-order valence-electron chi connectivity index (χ2n) is 6.25. The molecule has 3 rings (SSSR count). The summed E-state index contributed by atoms with van der Waals surface area (Å²) in [5.74, 6) is 0.829. The Balaban J connectivity index is 1.94. The molecule has 0 aliphatic rings. The number of fused-ring (bicyclic) bond motifs is 1. The predicted octanol–water partition coefficient (Wildman–Crippen LogP) is 6.43. The molecule has 1 unspecified atom stereocenters. The number of aryl methyl sites for hydroxylation is 1. The van der Waals surface area contributed by atoms with Crippen molar-refractivity contribution in [2.45, 2.75) is 20.5 Å². The Morgan fingerprint density at radius 1 is 1.30 bits per heavy atom. The van der Waals surface area contributed by atoms with Crippen LogP contribution < -0.4 is 4.74 Å². The number of hydrogen-bond acceptors (Lipinski definition) is 4. The zero-order chi connectivity index (χ0) is 19.6. The summed E-state index contributed by atoms with van der Waals surface area (Å²) >= 11 is 4.03. The SMILES string of the molecule is CS/C(=C\c1ccc(C)c(C)c1OCc1cc(Br)c2occc2c1)[S+](C)[O-]. The van der Waals surface area contributed by atoms with Crippen LogP contribution >= 0.6 is 27.7 Å². The number of thioether (sulfide) groups is 1. The smallest absolute Gasteiger partial charge is 0.186 e. The molecule has 1 heterocycles. The molecule has 1 aromatic heterocycles. The standard InChI is InChI=1S/C21H21BrO3S2/c1-13-5-6-16(11-19(26-3)27(4)23)20(14(13)2)25-12-15-9-17-7-8-24-21(17)18(22)10-15/h5-11H,12H2,1-4H3/b19-11+. The predicted molar refractivity (Wildman–Crippen MR) is 120 cm³/mol. The van der Waals surface area contributed by atoms with Gasteiger partial charge in [0.2, 0.25) is 0 Å². The average molecular weight is 465 g/mol. The van der Waals surface area contributed by atoms with Crippen molar-refractivity contribution in [3.63, 3.8) is 0 Å². The highest BCUT2D eigenvalue weighted by Crippen LogP contribution is 2.33. The maximum Gasteiger partial charge on any atom is 0.186 e. The van der Waals surface area contributed by atoms with Crippen molar-refractivity contribution < 1.29 is 13.7 Å². The van der Waals surface area contributed by atoms with Gasteiger partial charge in [0.05, 0.1) is 10.7 Å². The fourth-order valence-electron chi connectivity index (χ4n) is 2.84. The molecular weight excluding hydrogens is 444 g/mol. The van der Waals surface area contributed by atoms with E-state index in [0.717, 1.165) is 47.7 Å². The highest BCUT2D eigenvalue weighted by Gasteiger charge is 2.14. The van der Waals surface area contributed by atoms with E-state index in [-0.39, 0.29) is 0 Å². The summed E-state index contributed by atoms with van der Waals surface area (Å²) in [5, 5.41) is 1.04. The van der Waals surface area contributed by atoms with Crippen LogP contribution in [0.3, 0.4) is 0 Å². The third-order valence-electron chi connectivity index (χ3n) is 4.41. The number of ether oxygens (including phenoxy) is 1. The van der Waals surface area contributed by atoms with Crippen molar-refractivity contribution in [3.8, 4) is 5.75 Å². The first-order chi connectivity index (χ1) is 12.9. The summed E-state index contributed by atoms with van der Waals surface area (Å²) in [6.45, 7) is 4.56. The van der Waals surface area contributed by atoms with Crippen molar-refractivity contribution in [3.05, 3.63) is 67.6 Å². The molecule has 0 bridgehead atoms. The van der Waals surface area contributed by atoms with Gasteiger partial charge in [0.25, 0.3) is 0 Å². The first kappa shape index (κ1) is 20.4. The van der Waals surface area contributed by atoms with E-state index in [4.69, 9.17) is 9.15 Å². The molecule has 0 saturated heterocycles. The van der Waals surface area contributed by atoms with Crippen molar-refractivity contribution in [1.82, 2.24) is 0 Å². The van der Waals surface area contributed by atoms with Gasteiger partial charge in [0, 0.05) is 17.0 Å². The maximum absolute atomic E-state index is 11.9. The molecule has 27 heavy (non-hydrogen) atoms. The third-order valence-corrected chi connectivity index (χ3v) is 7.41. The van der Waals surface area contributed by atoms with Crippen LogP contribution in [0.2, 0.25) is 0 Å². The molecular formula is C21H21BrO3S2. The topological polar surface area (TPSA) is 45.4 Å². The fourth-order valence-corrected chi connectivity index (χ4v) is 4.93. The number of halogens is 1. The Morgan fingerprint density at radius 3 is 2.78 bits per heavy atom. The van der Waals surface area contributed by atoms with Gasteiger partial charge in [-0.1, -0.05) is 23.9 Å². The van der Waals surface area contributed by atoms with Crippen LogP contribution in [0.4, 0.5) is 0 Å². The summed E-state index contributed by atoms with van der Waals surface area (Å²) in [5.41, 5.74) is 5.09. The zero-order valence-electron chi connectivity index (χ0n) is 15.7. The van der Waals surface area contributed by atoms with E-state index < -0.39 is 11.2 Å². The molecule has 1 atom stereocenters. The van der Waals surface area contributed by atoms with Crippen LogP contribution in [0.15, 0.2) is 49.7 Å². The highest BCUT2D eigenvalue weighted by atomic mass is 79.9. The van der Waals surface area contributed by atoms with E-state index in [9.17, 15) is 4.55 Å². The second kappa shape index (κ2) is 8.78. The van der Waals surface area contributed by atoms with Gasteiger partial charge in [-0.25, -0.2) is 0 Å². The quantitative estimate of drug-likeness (QED) is 0.394. The largest absolute Gasteiger partial charge is 0.611 e. The molecule has 6 heteroatoms. The van der Waals surface area contributed by atoms with E-state index in [1.807, 2.05) is 30.5 Å². The number of hydrogen-bond donors (Lipinski definition) is 0. The van der Waals surface area contributed by atoms with Crippen molar-refractivity contribution >= 4 is 55.9 Å². The minimum Gasteiger partial charge on any atom is -0.611 e. The lowest BCUT2D eigenvalue weighted by Gasteiger charge is -2.15. The summed E-state index contributed by atoms with van der Waals surface area (Å²) in [6.07, 6.45) is 7.27. The summed E-state index contributed by atoms with van der Waals surface area (Å²) < 4.78 is 25.4. The lowest BCUT2D eigenvalue weighted by molar-refractivity contribution is 0.303. The van der Waals surface area contributed by atoms with E-state index in [0.29, 0.717) is 6.61 Å². The highest BCUT2D eigenvalue weighted by molar-refractivity contribution is 9.10. The van der Waals surface area contributed by atoms with Crippen molar-refractivity contribution in [2.24, 2.45) is 0 Å². The van der Waals surface area contributed by atoms with Crippen LogP contribution in [0.1, 0.15) is 22.3 Å². The van der Waals surface area contributed by atoms with Crippen LogP contribution in [0.25, 0.3) is 17.0 Å². The fraction of sp³-hybridized carbons (Fsp3) is 0.238. The Labute approximate surface area is 175 Å². The molecule has 142 valence electrons. The van der Waals surface area contributed by atoms with Crippen LogP contribution in [0, 0.1) is 13.8 Å². The summed E-state index contributed by atoms with van der Waals surface area (Å²) in [7, 11) is 0. The minimum atomic E-state index is -1.03. The van der Waals surface area contributed by atoms with Crippen molar-refractivity contribution in [2.75, 3.05) is 12.5 Å². The molecule has 3 nitrogen and oxygen atoms in total. The lowest BCUT2D eigenvalue weighted by Crippen LogP contribution is -2.02. The first-order valence-corrected chi connectivity index (χ1v) is 12.0. The molecule has 0 aliphatic carbocycles. The Hall–Kier alpha value is -1.34. The monoisotopic (exact) mass is 464 g/mol. The van der Waals surface area contributed by atoms with Gasteiger partial charge in [0.15, 0.2) is 4.24 Å². The summed E-state index contributed by atoms with van der Waals surface area (Å²) in [4.78, 5) is 0. The minimum absolute atomic E-state index is 0.439. The number of benzene rings is 2. The number of rotatable bonds is 6. The molecule has 0 aliphatic heterocycles. The Kier molecular flexibility index (Phi) is 6.63. The lowest BCUT2D eigenvalue weighted by atomic mass is 10.0. The van der Waals surface area contributed by atoms with Gasteiger partial charge >= 0.3 is 0 Å². The molecule has 0 radical (unpaired) electrons. The first-order valence-electron chi connectivity index (χ1n) is 8.38. The third kappa shape index (κ3) is 4.57. The van der Waals surface area contributed by atoms with Gasteiger partial charge in [-0.3, -0.25) is 0 Å². The van der Waals surface area contributed by atoms with E-state index >= 15 is 0 Å². The average Bonchev–Trinajstić information content (AvgIpc) is 3.10. The number of furan rings is 1. The molecule has 0 spiro atoms. The van der Waals surface area contributed by atoms with Gasteiger partial charge in [0.1, 0.15) is 24.2 Å². The van der Waals surface area contributed by atoms with E-state index in [2.05, 4.69) is 41.9 Å². The van der Waals surface area contributed by atoms with Gasteiger partial charge in [-0.2, -0.15) is 0 Å². The van der Waals surface area contributed by atoms with Gasteiger partial charge in [-0.05, 0) is 82.1 Å².